The number of carbonyl (C=O) groups excluding carboxylic acids is 2. The van der Waals surface area contributed by atoms with Crippen molar-refractivity contribution in [1.29, 1.82) is 0 Å². The Labute approximate surface area is 133 Å². The van der Waals surface area contributed by atoms with Gasteiger partial charge in [0, 0.05) is 16.3 Å². The van der Waals surface area contributed by atoms with Gasteiger partial charge in [0.1, 0.15) is 4.88 Å². The van der Waals surface area contributed by atoms with E-state index in [2.05, 4.69) is 15.9 Å². The molecule has 0 bridgehead atoms. The number of halogens is 1. The van der Waals surface area contributed by atoms with Gasteiger partial charge in [-0.25, -0.2) is 0 Å². The van der Waals surface area contributed by atoms with Crippen molar-refractivity contribution in [3.63, 3.8) is 0 Å². The van der Waals surface area contributed by atoms with Crippen molar-refractivity contribution >= 4 is 50.4 Å². The van der Waals surface area contributed by atoms with Gasteiger partial charge in [0.2, 0.25) is 0 Å². The van der Waals surface area contributed by atoms with Crippen LogP contribution in [0.5, 0.6) is 0 Å². The second-order valence-corrected chi connectivity index (χ2v) is 8.09. The summed E-state index contributed by atoms with van der Waals surface area (Å²) in [6.45, 7) is 2.57. The van der Waals surface area contributed by atoms with Crippen LogP contribution >= 0.6 is 38.6 Å². The Morgan fingerprint density at radius 1 is 1.15 bits per heavy atom. The lowest BCUT2D eigenvalue weighted by Crippen LogP contribution is -2.30. The Bertz CT molecular complexity index is 656. The zero-order valence-corrected chi connectivity index (χ0v) is 14.0. The van der Waals surface area contributed by atoms with E-state index >= 15 is 0 Å². The second-order valence-electron chi connectivity index (χ2n) is 4.57. The first-order chi connectivity index (χ1) is 9.61. The van der Waals surface area contributed by atoms with Crippen molar-refractivity contribution in [1.82, 2.24) is 4.90 Å². The molecule has 0 saturated carbocycles. The van der Waals surface area contributed by atoms with Gasteiger partial charge in [0.25, 0.3) is 11.8 Å². The van der Waals surface area contributed by atoms with E-state index in [1.54, 1.807) is 11.3 Å². The molecule has 0 saturated heterocycles. The maximum atomic E-state index is 12.3. The summed E-state index contributed by atoms with van der Waals surface area (Å²) in [5.41, 5.74) is 0.565. The molecule has 0 aromatic carbocycles. The molecule has 2 aromatic heterocycles. The van der Waals surface area contributed by atoms with Crippen LogP contribution in [0.4, 0.5) is 0 Å². The maximum Gasteiger partial charge on any atom is 0.271 e. The Balaban J connectivity index is 1.92. The minimum Gasteiger partial charge on any atom is -0.274 e. The Hall–Kier alpha value is -0.980. The molecule has 0 fully saturated rings. The summed E-state index contributed by atoms with van der Waals surface area (Å²) in [6, 6.07) is 5.83. The van der Waals surface area contributed by atoms with E-state index in [-0.39, 0.29) is 11.8 Å². The molecule has 1 aliphatic heterocycles. The molecule has 0 radical (unpaired) electrons. The van der Waals surface area contributed by atoms with Crippen LogP contribution in [0.25, 0.3) is 9.75 Å². The van der Waals surface area contributed by atoms with E-state index in [0.717, 1.165) is 26.4 Å². The molecule has 0 N–H and O–H groups in total. The van der Waals surface area contributed by atoms with Crippen LogP contribution in [0.3, 0.4) is 0 Å². The lowest BCUT2D eigenvalue weighted by Gasteiger charge is -2.12. The molecule has 2 amide bonds. The van der Waals surface area contributed by atoms with Crippen LogP contribution in [-0.2, 0) is 0 Å². The molecule has 0 aliphatic carbocycles. The van der Waals surface area contributed by atoms with Crippen LogP contribution in [0, 0.1) is 0 Å². The predicted octanol–water partition coefficient (Wildman–Crippen LogP) is 4.64. The molecular formula is C14H12BrNO2S2. The summed E-state index contributed by atoms with van der Waals surface area (Å²) in [7, 11) is 0. The van der Waals surface area contributed by atoms with Crippen LogP contribution < -0.4 is 0 Å². The highest BCUT2D eigenvalue weighted by atomic mass is 79.9. The average molecular weight is 370 g/mol. The van der Waals surface area contributed by atoms with Gasteiger partial charge in [0.05, 0.1) is 9.35 Å². The zero-order valence-electron chi connectivity index (χ0n) is 10.8. The molecule has 2 aromatic rings. The summed E-state index contributed by atoms with van der Waals surface area (Å²) in [6.07, 6.45) is 1.83. The number of hydrogen-bond acceptors (Lipinski definition) is 4. The van der Waals surface area contributed by atoms with Crippen LogP contribution in [-0.4, -0.2) is 23.3 Å². The lowest BCUT2D eigenvalue weighted by molar-refractivity contribution is 0.0653. The zero-order chi connectivity index (χ0) is 14.3. The molecule has 104 valence electrons. The van der Waals surface area contributed by atoms with E-state index in [0.29, 0.717) is 17.0 Å². The number of nitrogens with zero attached hydrogens (tertiary/aromatic N) is 1. The van der Waals surface area contributed by atoms with E-state index in [9.17, 15) is 9.59 Å². The fraction of sp³-hybridized carbons (Fsp3) is 0.286. The van der Waals surface area contributed by atoms with Gasteiger partial charge in [-0.1, -0.05) is 13.3 Å². The van der Waals surface area contributed by atoms with E-state index in [1.165, 1.54) is 16.2 Å². The number of rotatable bonds is 4. The highest BCUT2D eigenvalue weighted by Crippen LogP contribution is 2.40. The second kappa shape index (κ2) is 5.42. The molecule has 0 unspecified atom stereocenters. The smallest absolute Gasteiger partial charge is 0.271 e. The highest BCUT2D eigenvalue weighted by molar-refractivity contribution is 9.11. The van der Waals surface area contributed by atoms with Gasteiger partial charge in [-0.2, -0.15) is 0 Å². The quantitative estimate of drug-likeness (QED) is 0.736. The first kappa shape index (κ1) is 14.0. The molecule has 0 spiro atoms. The summed E-state index contributed by atoms with van der Waals surface area (Å²) >= 11 is 6.45. The molecule has 3 rings (SSSR count). The number of fused-ring (bicyclic) bond motifs is 1. The highest BCUT2D eigenvalue weighted by Gasteiger charge is 2.37. The molecule has 1 aliphatic rings. The fourth-order valence-electron chi connectivity index (χ4n) is 2.16. The van der Waals surface area contributed by atoms with Crippen LogP contribution in [0.2, 0.25) is 0 Å². The van der Waals surface area contributed by atoms with Crippen molar-refractivity contribution in [3.05, 3.63) is 32.4 Å². The van der Waals surface area contributed by atoms with E-state index in [4.69, 9.17) is 0 Å². The molecule has 20 heavy (non-hydrogen) atoms. The van der Waals surface area contributed by atoms with Gasteiger partial charge >= 0.3 is 0 Å². The summed E-state index contributed by atoms with van der Waals surface area (Å²) < 4.78 is 1.04. The van der Waals surface area contributed by atoms with Crippen molar-refractivity contribution in [2.24, 2.45) is 0 Å². The Kier molecular flexibility index (Phi) is 3.79. The average Bonchev–Trinajstić information content (AvgIpc) is 3.08. The third-order valence-electron chi connectivity index (χ3n) is 3.20. The van der Waals surface area contributed by atoms with Gasteiger partial charge in [-0.05, 0) is 40.5 Å². The van der Waals surface area contributed by atoms with Crippen molar-refractivity contribution in [2.75, 3.05) is 6.54 Å². The SMILES string of the molecule is CCCCN1C(=O)c2cc(-c3ccc(Br)s3)sc2C1=O. The molecule has 3 nitrogen and oxygen atoms in total. The standard InChI is InChI=1S/C14H12BrNO2S2/c1-2-3-6-16-13(17)8-7-10(20-12(8)14(16)18)9-4-5-11(15)19-9/h4-5,7H,2-3,6H2,1H3. The Morgan fingerprint density at radius 2 is 1.95 bits per heavy atom. The van der Waals surface area contributed by atoms with E-state index < -0.39 is 0 Å². The first-order valence-electron chi connectivity index (χ1n) is 6.37. The van der Waals surface area contributed by atoms with Crippen molar-refractivity contribution in [2.45, 2.75) is 19.8 Å². The van der Waals surface area contributed by atoms with E-state index in [1.807, 2.05) is 25.1 Å². The van der Waals surface area contributed by atoms with Gasteiger partial charge in [0.15, 0.2) is 0 Å². The summed E-state index contributed by atoms with van der Waals surface area (Å²) in [5, 5.41) is 0. The summed E-state index contributed by atoms with van der Waals surface area (Å²) in [5.74, 6) is -0.276. The minimum atomic E-state index is -0.142. The Morgan fingerprint density at radius 3 is 2.55 bits per heavy atom. The number of amides is 2. The maximum absolute atomic E-state index is 12.3. The van der Waals surface area contributed by atoms with Gasteiger partial charge in [-0.3, -0.25) is 14.5 Å². The first-order valence-corrected chi connectivity index (χ1v) is 8.80. The van der Waals surface area contributed by atoms with Crippen molar-refractivity contribution < 1.29 is 9.59 Å². The lowest BCUT2D eigenvalue weighted by atomic mass is 10.2. The van der Waals surface area contributed by atoms with Crippen molar-refractivity contribution in [3.8, 4) is 9.75 Å². The topological polar surface area (TPSA) is 37.4 Å². The molecule has 3 heterocycles. The number of hydrogen-bond donors (Lipinski definition) is 0. The van der Waals surface area contributed by atoms with Crippen LogP contribution in [0.1, 0.15) is 39.8 Å². The molecule has 6 heteroatoms. The third kappa shape index (κ3) is 2.25. The summed E-state index contributed by atoms with van der Waals surface area (Å²) in [4.78, 5) is 28.6. The largest absolute Gasteiger partial charge is 0.274 e. The number of carbonyl (C=O) groups is 2. The van der Waals surface area contributed by atoms with Gasteiger partial charge in [-0.15, -0.1) is 22.7 Å². The minimum absolute atomic E-state index is 0.134. The number of thiophene rings is 2. The number of unbranched alkanes of at least 4 members (excludes halogenated alkanes) is 1. The van der Waals surface area contributed by atoms with Gasteiger partial charge < -0.3 is 0 Å². The predicted molar refractivity (Wildman–Crippen MR) is 85.6 cm³/mol. The number of imide groups is 1. The normalized spacial score (nSPS) is 14.2. The third-order valence-corrected chi connectivity index (χ3v) is 6.14. The molecular weight excluding hydrogens is 358 g/mol. The molecule has 0 atom stereocenters. The van der Waals surface area contributed by atoms with Crippen LogP contribution in [0.15, 0.2) is 22.0 Å². The monoisotopic (exact) mass is 369 g/mol. The fourth-order valence-corrected chi connectivity index (χ4v) is 4.72.